The molecule has 26 heavy (non-hydrogen) atoms. The van der Waals surface area contributed by atoms with E-state index < -0.39 is 0 Å². The van der Waals surface area contributed by atoms with Crippen molar-refractivity contribution in [3.63, 3.8) is 0 Å². The Labute approximate surface area is 157 Å². The third-order valence-corrected chi connectivity index (χ3v) is 5.36. The summed E-state index contributed by atoms with van der Waals surface area (Å²) in [4.78, 5) is 6.79. The molecule has 4 nitrogen and oxygen atoms in total. The van der Waals surface area contributed by atoms with Gasteiger partial charge in [0.2, 0.25) is 0 Å². The Hall–Kier alpha value is -1.91. The first-order valence-corrected chi connectivity index (χ1v) is 9.55. The normalized spacial score (nSPS) is 20.4. The van der Waals surface area contributed by atoms with Crippen molar-refractivity contribution in [3.8, 4) is 5.75 Å². The Morgan fingerprint density at radius 2 is 2.00 bits per heavy atom. The Kier molecular flexibility index (Phi) is 6.64. The first kappa shape index (κ1) is 18.9. The number of likely N-dealkylation sites (tertiary alicyclic amines) is 1. The molecule has 4 heteroatoms. The smallest absolute Gasteiger partial charge is 0.118 e. The van der Waals surface area contributed by atoms with Crippen LogP contribution in [0.1, 0.15) is 30.9 Å². The van der Waals surface area contributed by atoms with E-state index in [1.54, 1.807) is 7.11 Å². The third kappa shape index (κ3) is 5.05. The van der Waals surface area contributed by atoms with Crippen LogP contribution >= 0.6 is 0 Å². The number of aromatic nitrogens is 1. The molecule has 1 aliphatic heterocycles. The van der Waals surface area contributed by atoms with E-state index in [1.807, 2.05) is 30.6 Å². The predicted octanol–water partition coefficient (Wildman–Crippen LogP) is 3.95. The van der Waals surface area contributed by atoms with Crippen LogP contribution in [0.5, 0.6) is 5.75 Å². The molecule has 0 N–H and O–H groups in total. The second-order valence-electron chi connectivity index (χ2n) is 7.31. The Morgan fingerprint density at radius 1 is 1.15 bits per heavy atom. The average Bonchev–Trinajstić information content (AvgIpc) is 3.09. The van der Waals surface area contributed by atoms with Gasteiger partial charge < -0.3 is 9.47 Å². The van der Waals surface area contributed by atoms with E-state index in [1.165, 1.54) is 17.5 Å². The van der Waals surface area contributed by atoms with E-state index in [0.29, 0.717) is 0 Å². The highest BCUT2D eigenvalue weighted by molar-refractivity contribution is 5.27. The van der Waals surface area contributed by atoms with Crippen LogP contribution in [0.2, 0.25) is 0 Å². The minimum absolute atomic E-state index is 0.248. The van der Waals surface area contributed by atoms with Crippen molar-refractivity contribution in [1.29, 1.82) is 0 Å². The lowest BCUT2D eigenvalue weighted by Crippen LogP contribution is -2.32. The van der Waals surface area contributed by atoms with Gasteiger partial charge in [-0.25, -0.2) is 0 Å². The molecule has 1 fully saturated rings. The third-order valence-electron chi connectivity index (χ3n) is 5.36. The molecule has 1 atom stereocenters. The second-order valence-corrected chi connectivity index (χ2v) is 7.31. The number of pyridine rings is 1. The van der Waals surface area contributed by atoms with Crippen LogP contribution in [0.4, 0.5) is 0 Å². The molecule has 0 radical (unpaired) electrons. The first-order valence-electron chi connectivity index (χ1n) is 9.55. The molecule has 0 aliphatic carbocycles. The van der Waals surface area contributed by atoms with Gasteiger partial charge >= 0.3 is 0 Å². The van der Waals surface area contributed by atoms with Crippen LogP contribution in [0.3, 0.4) is 0 Å². The van der Waals surface area contributed by atoms with Gasteiger partial charge in [0.15, 0.2) is 0 Å². The zero-order valence-corrected chi connectivity index (χ0v) is 16.0. The van der Waals surface area contributed by atoms with Crippen molar-refractivity contribution in [2.24, 2.45) is 5.41 Å². The summed E-state index contributed by atoms with van der Waals surface area (Å²) >= 11 is 0. The predicted molar refractivity (Wildman–Crippen MR) is 104 cm³/mol. The molecule has 1 aromatic carbocycles. The maximum atomic E-state index is 5.89. The minimum atomic E-state index is 0.248. The Balaban J connectivity index is 1.61. The monoisotopic (exact) mass is 354 g/mol. The van der Waals surface area contributed by atoms with Crippen molar-refractivity contribution < 1.29 is 9.47 Å². The van der Waals surface area contributed by atoms with Gasteiger partial charge in [0, 0.05) is 37.5 Å². The van der Waals surface area contributed by atoms with Crippen molar-refractivity contribution in [3.05, 3.63) is 59.9 Å². The summed E-state index contributed by atoms with van der Waals surface area (Å²) in [5.74, 6) is 0.918. The fraction of sp³-hybridized carbons (Fsp3) is 0.500. The summed E-state index contributed by atoms with van der Waals surface area (Å²) in [6, 6.07) is 12.6. The maximum absolute atomic E-state index is 5.89. The van der Waals surface area contributed by atoms with E-state index >= 15 is 0 Å². The molecule has 2 heterocycles. The van der Waals surface area contributed by atoms with E-state index in [2.05, 4.69) is 35.0 Å². The van der Waals surface area contributed by atoms with Crippen molar-refractivity contribution in [2.75, 3.05) is 33.4 Å². The van der Waals surface area contributed by atoms with Gasteiger partial charge in [0.25, 0.3) is 0 Å². The van der Waals surface area contributed by atoms with E-state index in [4.69, 9.17) is 9.47 Å². The largest absolute Gasteiger partial charge is 0.497 e. The SMILES string of the molecule is CCOCC1(CCc2ccc(OC)cc2)CCN(Cc2cccnc2)C1. The van der Waals surface area contributed by atoms with E-state index in [-0.39, 0.29) is 5.41 Å². The quantitative estimate of drug-likeness (QED) is 0.683. The molecule has 1 unspecified atom stereocenters. The van der Waals surface area contributed by atoms with E-state index in [9.17, 15) is 0 Å². The highest BCUT2D eigenvalue weighted by Gasteiger charge is 2.37. The van der Waals surface area contributed by atoms with Gasteiger partial charge in [-0.2, -0.15) is 0 Å². The molecule has 0 bridgehead atoms. The van der Waals surface area contributed by atoms with Crippen LogP contribution in [-0.4, -0.2) is 43.3 Å². The summed E-state index contributed by atoms with van der Waals surface area (Å²) < 4.78 is 11.1. The molecule has 1 aromatic heterocycles. The van der Waals surface area contributed by atoms with Crippen LogP contribution in [0, 0.1) is 5.41 Å². The van der Waals surface area contributed by atoms with Crippen LogP contribution in [0.25, 0.3) is 0 Å². The van der Waals surface area contributed by atoms with Gasteiger partial charge in [-0.15, -0.1) is 0 Å². The molecule has 1 aliphatic rings. The fourth-order valence-electron chi connectivity index (χ4n) is 3.83. The molecule has 2 aromatic rings. The molecule has 0 spiro atoms. The highest BCUT2D eigenvalue weighted by Crippen LogP contribution is 2.36. The van der Waals surface area contributed by atoms with Crippen LogP contribution in [0.15, 0.2) is 48.8 Å². The Morgan fingerprint density at radius 3 is 2.69 bits per heavy atom. The first-order chi connectivity index (χ1) is 12.7. The molecule has 0 saturated carbocycles. The molecular weight excluding hydrogens is 324 g/mol. The van der Waals surface area contributed by atoms with Crippen molar-refractivity contribution in [1.82, 2.24) is 9.88 Å². The lowest BCUT2D eigenvalue weighted by molar-refractivity contribution is 0.0489. The standard InChI is InChI=1S/C22H30N2O2/c1-3-26-18-22(11-10-19-6-8-21(25-2)9-7-19)12-14-24(17-22)16-20-5-4-13-23-15-20/h4-9,13,15H,3,10-12,14,16-18H2,1-2H3. The van der Waals surface area contributed by atoms with Crippen LogP contribution < -0.4 is 4.74 Å². The topological polar surface area (TPSA) is 34.6 Å². The molecular formula is C22H30N2O2. The minimum Gasteiger partial charge on any atom is -0.497 e. The van der Waals surface area contributed by atoms with Crippen molar-refractivity contribution >= 4 is 0 Å². The van der Waals surface area contributed by atoms with Gasteiger partial charge in [0.05, 0.1) is 13.7 Å². The van der Waals surface area contributed by atoms with Gasteiger partial charge in [-0.05, 0) is 62.1 Å². The van der Waals surface area contributed by atoms with Gasteiger partial charge in [-0.3, -0.25) is 9.88 Å². The van der Waals surface area contributed by atoms with Crippen LogP contribution in [-0.2, 0) is 17.7 Å². The molecule has 0 amide bonds. The summed E-state index contributed by atoms with van der Waals surface area (Å²) in [7, 11) is 1.71. The average molecular weight is 354 g/mol. The summed E-state index contributed by atoms with van der Waals surface area (Å²) in [5, 5.41) is 0. The van der Waals surface area contributed by atoms with Crippen molar-refractivity contribution in [2.45, 2.75) is 32.7 Å². The number of methoxy groups -OCH3 is 1. The number of hydrogen-bond acceptors (Lipinski definition) is 4. The van der Waals surface area contributed by atoms with Gasteiger partial charge in [0.1, 0.15) is 5.75 Å². The summed E-state index contributed by atoms with van der Waals surface area (Å²) in [6.07, 6.45) is 7.24. The summed E-state index contributed by atoms with van der Waals surface area (Å²) in [6.45, 7) is 6.92. The molecule has 3 rings (SSSR count). The van der Waals surface area contributed by atoms with Gasteiger partial charge in [-0.1, -0.05) is 18.2 Å². The number of rotatable bonds is 9. The number of aryl methyl sites for hydroxylation is 1. The zero-order valence-electron chi connectivity index (χ0n) is 16.0. The lowest BCUT2D eigenvalue weighted by Gasteiger charge is -2.29. The lowest BCUT2D eigenvalue weighted by atomic mass is 9.82. The fourth-order valence-corrected chi connectivity index (χ4v) is 3.83. The maximum Gasteiger partial charge on any atom is 0.118 e. The highest BCUT2D eigenvalue weighted by atomic mass is 16.5. The molecule has 140 valence electrons. The number of benzene rings is 1. The number of nitrogens with zero attached hydrogens (tertiary/aromatic N) is 2. The summed E-state index contributed by atoms with van der Waals surface area (Å²) in [5.41, 5.74) is 2.90. The molecule has 1 saturated heterocycles. The zero-order chi connectivity index (χ0) is 18.2. The van der Waals surface area contributed by atoms with E-state index in [0.717, 1.165) is 51.4 Å². The second kappa shape index (κ2) is 9.15. The number of ether oxygens (including phenoxy) is 2. The number of hydrogen-bond donors (Lipinski definition) is 0. The Bertz CT molecular complexity index is 660.